The Balaban J connectivity index is 1.44. The Labute approximate surface area is 172 Å². The normalized spacial score (nSPS) is 17.6. The number of carboxylic acids is 1. The molecular formula is C23H18ClFO4. The van der Waals surface area contributed by atoms with Crippen LogP contribution in [0.5, 0.6) is 17.2 Å². The van der Waals surface area contributed by atoms with Crippen LogP contribution >= 0.6 is 11.6 Å². The molecule has 0 spiro atoms. The average Bonchev–Trinajstić information content (AvgIpc) is 3.50. The lowest BCUT2D eigenvalue weighted by molar-refractivity contribution is -0.138. The van der Waals surface area contributed by atoms with Crippen molar-refractivity contribution in [2.45, 2.75) is 6.42 Å². The molecule has 1 aliphatic carbocycles. The smallest absolute Gasteiger partial charge is 0.306 e. The molecule has 0 heterocycles. The van der Waals surface area contributed by atoms with Gasteiger partial charge in [0.15, 0.2) is 0 Å². The first-order valence-electron chi connectivity index (χ1n) is 9.18. The van der Waals surface area contributed by atoms with E-state index in [1.165, 1.54) is 6.07 Å². The van der Waals surface area contributed by atoms with Gasteiger partial charge in [-0.15, -0.1) is 0 Å². The van der Waals surface area contributed by atoms with E-state index in [0.29, 0.717) is 46.4 Å². The minimum atomic E-state index is -0.773. The Morgan fingerprint density at radius 2 is 1.66 bits per heavy atom. The number of carbonyl (C=O) groups is 1. The zero-order valence-corrected chi connectivity index (χ0v) is 16.1. The molecular weight excluding hydrogens is 395 g/mol. The number of rotatable bonds is 7. The summed E-state index contributed by atoms with van der Waals surface area (Å²) >= 11 is 5.88. The van der Waals surface area contributed by atoms with Crippen molar-refractivity contribution in [3.63, 3.8) is 0 Å². The van der Waals surface area contributed by atoms with Crippen LogP contribution in [0.2, 0.25) is 5.02 Å². The Hall–Kier alpha value is -3.05. The standard InChI is InChI=1S/C23H18ClFO4/c24-16-3-7-18(8-4-16)29-19-9-10-22(25)20(12-19)14-1-5-17(6-2-14)28-13-15-11-21(15)23(26)27/h1-10,12,15,21H,11,13H2,(H,26,27). The molecule has 29 heavy (non-hydrogen) atoms. The van der Waals surface area contributed by atoms with Gasteiger partial charge >= 0.3 is 5.97 Å². The molecule has 4 rings (SSSR count). The fourth-order valence-electron chi connectivity index (χ4n) is 3.10. The number of ether oxygens (including phenoxy) is 2. The Kier molecular flexibility index (Phi) is 5.41. The second kappa shape index (κ2) is 8.13. The summed E-state index contributed by atoms with van der Waals surface area (Å²) < 4.78 is 25.8. The number of halogens is 2. The van der Waals surface area contributed by atoms with E-state index in [9.17, 15) is 9.18 Å². The first kappa shape index (κ1) is 19.3. The summed E-state index contributed by atoms with van der Waals surface area (Å²) in [6, 6.07) is 18.5. The van der Waals surface area contributed by atoms with Gasteiger partial charge < -0.3 is 14.6 Å². The molecule has 6 heteroatoms. The molecule has 1 aliphatic rings. The monoisotopic (exact) mass is 412 g/mol. The van der Waals surface area contributed by atoms with Gasteiger partial charge in [-0.3, -0.25) is 4.79 Å². The van der Waals surface area contributed by atoms with Crippen LogP contribution < -0.4 is 9.47 Å². The minimum Gasteiger partial charge on any atom is -0.493 e. The second-order valence-corrected chi connectivity index (χ2v) is 7.41. The zero-order valence-electron chi connectivity index (χ0n) is 15.3. The van der Waals surface area contributed by atoms with E-state index < -0.39 is 5.97 Å². The number of hydrogen-bond donors (Lipinski definition) is 1. The van der Waals surface area contributed by atoms with Crippen molar-refractivity contribution in [1.29, 1.82) is 0 Å². The highest BCUT2D eigenvalue weighted by Gasteiger charge is 2.43. The Morgan fingerprint density at radius 1 is 1.00 bits per heavy atom. The summed E-state index contributed by atoms with van der Waals surface area (Å²) in [6.45, 7) is 0.370. The van der Waals surface area contributed by atoms with Crippen molar-refractivity contribution in [2.24, 2.45) is 11.8 Å². The van der Waals surface area contributed by atoms with Crippen molar-refractivity contribution in [3.05, 3.63) is 77.6 Å². The quantitative estimate of drug-likeness (QED) is 0.514. The zero-order chi connectivity index (χ0) is 20.4. The summed E-state index contributed by atoms with van der Waals surface area (Å²) in [6.07, 6.45) is 0.652. The largest absolute Gasteiger partial charge is 0.493 e. The van der Waals surface area contributed by atoms with E-state index in [1.54, 1.807) is 60.7 Å². The second-order valence-electron chi connectivity index (χ2n) is 6.97. The van der Waals surface area contributed by atoms with Crippen molar-refractivity contribution in [1.82, 2.24) is 0 Å². The first-order chi connectivity index (χ1) is 14.0. The van der Waals surface area contributed by atoms with Crippen LogP contribution in [-0.2, 0) is 4.79 Å². The maximum absolute atomic E-state index is 14.4. The third-order valence-corrected chi connectivity index (χ3v) is 5.11. The predicted molar refractivity (Wildman–Crippen MR) is 108 cm³/mol. The molecule has 0 bridgehead atoms. The lowest BCUT2D eigenvalue weighted by Crippen LogP contribution is -2.06. The van der Waals surface area contributed by atoms with Crippen LogP contribution in [0.4, 0.5) is 4.39 Å². The summed E-state index contributed by atoms with van der Waals surface area (Å²) in [5.74, 6) is 0.374. The number of aliphatic carboxylic acids is 1. The highest BCUT2D eigenvalue weighted by molar-refractivity contribution is 6.30. The lowest BCUT2D eigenvalue weighted by atomic mass is 10.0. The third-order valence-electron chi connectivity index (χ3n) is 4.86. The lowest BCUT2D eigenvalue weighted by Gasteiger charge is -2.10. The molecule has 0 saturated heterocycles. The number of carboxylic acid groups (broad SMARTS) is 1. The van der Waals surface area contributed by atoms with Gasteiger partial charge in [-0.25, -0.2) is 4.39 Å². The molecule has 148 valence electrons. The summed E-state index contributed by atoms with van der Waals surface area (Å²) in [5, 5.41) is 9.54. The Morgan fingerprint density at radius 3 is 2.31 bits per heavy atom. The van der Waals surface area contributed by atoms with Gasteiger partial charge in [0.1, 0.15) is 23.1 Å². The van der Waals surface area contributed by atoms with Gasteiger partial charge in [-0.05, 0) is 66.6 Å². The fraction of sp³-hybridized carbons (Fsp3) is 0.174. The minimum absolute atomic E-state index is 0.0614. The summed E-state index contributed by atoms with van der Waals surface area (Å²) in [4.78, 5) is 10.9. The van der Waals surface area contributed by atoms with Gasteiger partial charge in [0.2, 0.25) is 0 Å². The molecule has 1 fully saturated rings. The first-order valence-corrected chi connectivity index (χ1v) is 9.56. The van der Waals surface area contributed by atoms with E-state index in [-0.39, 0.29) is 17.7 Å². The van der Waals surface area contributed by atoms with E-state index in [4.69, 9.17) is 26.2 Å². The average molecular weight is 413 g/mol. The molecule has 3 aromatic carbocycles. The predicted octanol–water partition coefficient (Wildman–Crippen LogP) is 6.04. The van der Waals surface area contributed by atoms with Gasteiger partial charge in [0.05, 0.1) is 12.5 Å². The van der Waals surface area contributed by atoms with E-state index in [2.05, 4.69) is 0 Å². The maximum Gasteiger partial charge on any atom is 0.306 e. The van der Waals surface area contributed by atoms with E-state index in [0.717, 1.165) is 0 Å². The van der Waals surface area contributed by atoms with Crippen LogP contribution in [0, 0.1) is 17.7 Å². The van der Waals surface area contributed by atoms with Crippen LogP contribution in [0.25, 0.3) is 11.1 Å². The van der Waals surface area contributed by atoms with Crippen LogP contribution in [0.1, 0.15) is 6.42 Å². The van der Waals surface area contributed by atoms with Gasteiger partial charge in [0, 0.05) is 16.5 Å². The third kappa shape index (κ3) is 4.69. The van der Waals surface area contributed by atoms with Crippen LogP contribution in [0.15, 0.2) is 66.7 Å². The van der Waals surface area contributed by atoms with Gasteiger partial charge in [0.25, 0.3) is 0 Å². The maximum atomic E-state index is 14.4. The molecule has 2 atom stereocenters. The Bertz CT molecular complexity index is 1020. The molecule has 0 radical (unpaired) electrons. The molecule has 1 saturated carbocycles. The summed E-state index contributed by atoms with van der Waals surface area (Å²) in [5.41, 5.74) is 1.10. The van der Waals surface area contributed by atoms with Crippen LogP contribution in [-0.4, -0.2) is 17.7 Å². The van der Waals surface area contributed by atoms with Crippen molar-refractivity contribution in [3.8, 4) is 28.4 Å². The SMILES string of the molecule is O=C(O)C1CC1COc1ccc(-c2cc(Oc3ccc(Cl)cc3)ccc2F)cc1. The number of hydrogen-bond acceptors (Lipinski definition) is 3. The molecule has 2 unspecified atom stereocenters. The van der Waals surface area contributed by atoms with Crippen molar-refractivity contribution < 1.29 is 23.8 Å². The molecule has 0 aromatic heterocycles. The highest BCUT2D eigenvalue weighted by atomic mass is 35.5. The molecule has 1 N–H and O–H groups in total. The van der Waals surface area contributed by atoms with Gasteiger partial charge in [-0.1, -0.05) is 23.7 Å². The summed E-state index contributed by atoms with van der Waals surface area (Å²) in [7, 11) is 0. The molecule has 0 aliphatic heterocycles. The van der Waals surface area contributed by atoms with E-state index >= 15 is 0 Å². The topological polar surface area (TPSA) is 55.8 Å². The van der Waals surface area contributed by atoms with Gasteiger partial charge in [-0.2, -0.15) is 0 Å². The van der Waals surface area contributed by atoms with Crippen molar-refractivity contribution in [2.75, 3.05) is 6.61 Å². The highest BCUT2D eigenvalue weighted by Crippen LogP contribution is 2.39. The molecule has 4 nitrogen and oxygen atoms in total. The van der Waals surface area contributed by atoms with E-state index in [1.807, 2.05) is 0 Å². The fourth-order valence-corrected chi connectivity index (χ4v) is 3.22. The molecule has 3 aromatic rings. The van der Waals surface area contributed by atoms with Crippen molar-refractivity contribution >= 4 is 17.6 Å². The number of benzene rings is 3. The molecule has 0 amide bonds. The van der Waals surface area contributed by atoms with Crippen LogP contribution in [0.3, 0.4) is 0 Å².